The molecule has 0 bridgehead atoms. The van der Waals surface area contributed by atoms with Crippen LogP contribution < -0.4 is 31.9 Å². The number of aliphatic hydroxyl groups excluding tert-OH is 5. The third-order valence-electron chi connectivity index (χ3n) is 10.9. The number of aliphatic hydroxyl groups is 5. The molecule has 0 aliphatic carbocycles. The molecule has 384 valence electrons. The molecule has 1 fully saturated rings. The average molecular weight is 964 g/mol. The fourth-order valence-corrected chi connectivity index (χ4v) is 6.71. The normalized spacial score (nSPS) is 21.4. The lowest BCUT2D eigenvalue weighted by atomic mass is 10.0. The minimum absolute atomic E-state index is 0.108. The Morgan fingerprint density at radius 1 is 0.478 bits per heavy atom. The summed E-state index contributed by atoms with van der Waals surface area (Å²) in [5, 5.41) is 93.9. The van der Waals surface area contributed by atoms with E-state index in [1.807, 2.05) is 0 Å². The minimum Gasteiger partial charge on any atom is -0.396 e. The number of hydrogen-bond acceptors (Lipinski definition) is 17. The number of rotatable bonds is 26. The van der Waals surface area contributed by atoms with E-state index in [9.17, 15) is 79.2 Å². The number of amides is 9. The second-order valence-corrected chi connectivity index (χ2v) is 16.9. The molecule has 26 heteroatoms. The molecule has 0 radical (unpaired) electrons. The lowest BCUT2D eigenvalue weighted by molar-refractivity contribution is -0.167. The second-order valence-electron chi connectivity index (χ2n) is 16.9. The maximum Gasteiger partial charge on any atom is 0.246 e. The molecule has 67 heavy (non-hydrogen) atoms. The van der Waals surface area contributed by atoms with E-state index in [0.717, 1.165) is 0 Å². The summed E-state index contributed by atoms with van der Waals surface area (Å²) >= 11 is 0. The lowest BCUT2D eigenvalue weighted by Crippen LogP contribution is -2.61. The van der Waals surface area contributed by atoms with E-state index in [2.05, 4.69) is 31.9 Å². The standard InChI is InChI=1S/C41H73N9O17/c1-25(10-16-51)19-34(57)48(65)13-4-7-28-38(61)44-29(8-5-14-49(66)35(58)20-26(2)11-17-52)39(62)45-30(9-6-15-50(67)36(59)21-27(3)12-18-53)40(63)47-32(24-55)41(64)46-31(23-54)37(60)42-22-33(56)43-28/h25-32,51-55,65-67H,4-24H2,1-3H3,(H,42,60)(H,43,56)(H,44,61)(H,45,62)(H,46,64)(H,47,63)/t25?,26?,27?,28-,29-,30-,31-,32-/m0/s1. The molecule has 1 rings (SSSR count). The zero-order chi connectivity index (χ0) is 50.6. The van der Waals surface area contributed by atoms with Gasteiger partial charge in [-0.15, -0.1) is 0 Å². The topological polar surface area (TPSA) is 397 Å². The summed E-state index contributed by atoms with van der Waals surface area (Å²) in [6.07, 6.45) is -0.864. The van der Waals surface area contributed by atoms with Crippen molar-refractivity contribution in [1.29, 1.82) is 0 Å². The molecule has 14 N–H and O–H groups in total. The predicted octanol–water partition coefficient (Wildman–Crippen LogP) is -4.26. The number of carbonyl (C=O) groups is 9. The quantitative estimate of drug-likeness (QED) is 0.0288. The second kappa shape index (κ2) is 32.6. The highest BCUT2D eigenvalue weighted by Crippen LogP contribution is 2.13. The van der Waals surface area contributed by atoms with Crippen LogP contribution in [-0.2, 0) is 43.2 Å². The third kappa shape index (κ3) is 23.5. The van der Waals surface area contributed by atoms with Gasteiger partial charge in [-0.2, -0.15) is 0 Å². The van der Waals surface area contributed by atoms with Crippen molar-refractivity contribution in [1.82, 2.24) is 47.1 Å². The Morgan fingerprint density at radius 2 is 0.761 bits per heavy atom. The van der Waals surface area contributed by atoms with Gasteiger partial charge in [-0.05, 0) is 75.5 Å². The first kappa shape index (κ1) is 59.9. The first-order chi connectivity index (χ1) is 31.7. The molecule has 0 aromatic carbocycles. The predicted molar refractivity (Wildman–Crippen MR) is 231 cm³/mol. The Kier molecular flexibility index (Phi) is 29.1. The van der Waals surface area contributed by atoms with Gasteiger partial charge in [-0.25, -0.2) is 15.2 Å². The van der Waals surface area contributed by atoms with Crippen molar-refractivity contribution in [2.45, 2.75) is 128 Å². The summed E-state index contributed by atoms with van der Waals surface area (Å²) in [7, 11) is 0. The Balaban J connectivity index is 3.63. The van der Waals surface area contributed by atoms with E-state index in [1.54, 1.807) is 20.8 Å². The Morgan fingerprint density at radius 3 is 1.07 bits per heavy atom. The zero-order valence-corrected chi connectivity index (χ0v) is 38.6. The highest BCUT2D eigenvalue weighted by Gasteiger charge is 2.33. The summed E-state index contributed by atoms with van der Waals surface area (Å²) in [5.74, 6) is -9.27. The molecule has 1 aliphatic heterocycles. The van der Waals surface area contributed by atoms with Crippen molar-refractivity contribution in [3.8, 4) is 0 Å². The highest BCUT2D eigenvalue weighted by atomic mass is 16.5. The fraction of sp³-hybridized carbons (Fsp3) is 0.780. The van der Waals surface area contributed by atoms with E-state index in [1.165, 1.54) is 0 Å². The monoisotopic (exact) mass is 964 g/mol. The number of hydrogen-bond donors (Lipinski definition) is 14. The largest absolute Gasteiger partial charge is 0.396 e. The van der Waals surface area contributed by atoms with Crippen LogP contribution in [-0.4, -0.2) is 199 Å². The van der Waals surface area contributed by atoms with E-state index in [0.29, 0.717) is 21.6 Å². The molecule has 0 spiro atoms. The molecule has 1 aliphatic rings. The summed E-state index contributed by atoms with van der Waals surface area (Å²) in [5.41, 5.74) is 0. The summed E-state index contributed by atoms with van der Waals surface area (Å²) in [4.78, 5) is 119. The van der Waals surface area contributed by atoms with Crippen molar-refractivity contribution in [3.63, 3.8) is 0 Å². The molecule has 3 unspecified atom stereocenters. The highest BCUT2D eigenvalue weighted by molar-refractivity contribution is 5.97. The summed E-state index contributed by atoms with van der Waals surface area (Å²) < 4.78 is 0. The first-order valence-electron chi connectivity index (χ1n) is 22.5. The van der Waals surface area contributed by atoms with E-state index >= 15 is 0 Å². The average Bonchev–Trinajstić information content (AvgIpc) is 3.27. The van der Waals surface area contributed by atoms with Crippen molar-refractivity contribution in [2.75, 3.05) is 59.2 Å². The SMILES string of the molecule is CC(CCO)CC(=O)N(O)CCC[C@@H]1NC(=O)CNC(=O)[C@H](CO)NC(=O)[C@H](CO)NC(=O)[C@H](CCCN(O)C(=O)CC(C)CCO)NC(=O)[C@H](CCCN(O)C(=O)CC(C)CCO)NC1=O. The molecule has 26 nitrogen and oxygen atoms in total. The van der Waals surface area contributed by atoms with Crippen LogP contribution >= 0.6 is 0 Å². The van der Waals surface area contributed by atoms with Gasteiger partial charge in [0.1, 0.15) is 30.2 Å². The first-order valence-corrected chi connectivity index (χ1v) is 22.5. The van der Waals surface area contributed by atoms with Gasteiger partial charge in [-0.1, -0.05) is 20.8 Å². The molecule has 8 atom stereocenters. The Labute approximate surface area is 389 Å². The van der Waals surface area contributed by atoms with Crippen molar-refractivity contribution < 1.29 is 84.3 Å². The number of hydroxylamine groups is 6. The Bertz CT molecular complexity index is 1610. The smallest absolute Gasteiger partial charge is 0.246 e. The van der Waals surface area contributed by atoms with E-state index < -0.39 is 103 Å². The van der Waals surface area contributed by atoms with Gasteiger partial charge in [0.2, 0.25) is 53.2 Å². The molecule has 0 saturated carbocycles. The zero-order valence-electron chi connectivity index (χ0n) is 38.6. The van der Waals surface area contributed by atoms with Gasteiger partial charge in [0.05, 0.1) is 19.8 Å². The molecular weight excluding hydrogens is 890 g/mol. The van der Waals surface area contributed by atoms with Crippen LogP contribution in [0, 0.1) is 17.8 Å². The van der Waals surface area contributed by atoms with Crippen LogP contribution in [0.3, 0.4) is 0 Å². The van der Waals surface area contributed by atoms with Crippen LogP contribution in [0.1, 0.15) is 97.8 Å². The molecule has 9 amide bonds. The molecule has 1 saturated heterocycles. The third-order valence-corrected chi connectivity index (χ3v) is 10.9. The van der Waals surface area contributed by atoms with Gasteiger partial charge >= 0.3 is 0 Å². The molecule has 1 heterocycles. The van der Waals surface area contributed by atoms with Crippen molar-refractivity contribution in [3.05, 3.63) is 0 Å². The van der Waals surface area contributed by atoms with Gasteiger partial charge in [-0.3, -0.25) is 58.8 Å². The maximum absolute atomic E-state index is 14.2. The van der Waals surface area contributed by atoms with Crippen molar-refractivity contribution >= 4 is 53.2 Å². The molecule has 0 aromatic heterocycles. The van der Waals surface area contributed by atoms with Gasteiger partial charge in [0.15, 0.2) is 0 Å². The molecular formula is C41H73N9O17. The van der Waals surface area contributed by atoms with Crippen LogP contribution in [0.2, 0.25) is 0 Å². The summed E-state index contributed by atoms with van der Waals surface area (Å²) in [6, 6.07) is -8.22. The van der Waals surface area contributed by atoms with Crippen LogP contribution in [0.5, 0.6) is 0 Å². The van der Waals surface area contributed by atoms with Gasteiger partial charge in [0, 0.05) is 58.7 Å². The van der Waals surface area contributed by atoms with Crippen LogP contribution in [0.4, 0.5) is 0 Å². The van der Waals surface area contributed by atoms with E-state index in [-0.39, 0.29) is 128 Å². The lowest BCUT2D eigenvalue weighted by Gasteiger charge is -2.28. The van der Waals surface area contributed by atoms with Crippen LogP contribution in [0.15, 0.2) is 0 Å². The van der Waals surface area contributed by atoms with Gasteiger partial charge < -0.3 is 57.4 Å². The van der Waals surface area contributed by atoms with Crippen LogP contribution in [0.25, 0.3) is 0 Å². The van der Waals surface area contributed by atoms with E-state index in [4.69, 9.17) is 5.11 Å². The summed E-state index contributed by atoms with van der Waals surface area (Å²) in [6.45, 7) is 0.584. The van der Waals surface area contributed by atoms with Crippen molar-refractivity contribution in [2.24, 2.45) is 17.8 Å². The number of nitrogens with zero attached hydrogens (tertiary/aromatic N) is 3. The number of nitrogens with one attached hydrogen (secondary N) is 6. The Hall–Kier alpha value is -5.09. The fourth-order valence-electron chi connectivity index (χ4n) is 6.71. The van der Waals surface area contributed by atoms with Gasteiger partial charge in [0.25, 0.3) is 0 Å². The minimum atomic E-state index is -1.78. The number of carbonyl (C=O) groups excluding carboxylic acids is 9. The molecule has 0 aromatic rings. The maximum atomic E-state index is 14.2.